The molecule has 2 amide bonds. The Morgan fingerprint density at radius 2 is 1.79 bits per heavy atom. The summed E-state index contributed by atoms with van der Waals surface area (Å²) in [5.74, 6) is 0. The Kier molecular flexibility index (Phi) is 4.72. The van der Waals surface area contributed by atoms with E-state index >= 15 is 0 Å². The van der Waals surface area contributed by atoms with Crippen LogP contribution in [0.2, 0.25) is 10.0 Å². The molecule has 0 saturated carbocycles. The van der Waals surface area contributed by atoms with Crippen molar-refractivity contribution in [3.63, 3.8) is 0 Å². The van der Waals surface area contributed by atoms with Crippen molar-refractivity contribution in [3.8, 4) is 0 Å². The summed E-state index contributed by atoms with van der Waals surface area (Å²) in [6.45, 7) is 4.22. The molecule has 0 spiro atoms. The van der Waals surface area contributed by atoms with Crippen LogP contribution in [0.25, 0.3) is 0 Å². The van der Waals surface area contributed by atoms with E-state index in [0.29, 0.717) is 22.3 Å². The molecular weight excluding hydrogens is 347 g/mol. The maximum atomic E-state index is 12.7. The number of ether oxygens (including phenoxy) is 1. The second-order valence-corrected chi connectivity index (χ2v) is 7.04. The largest absolute Gasteiger partial charge is 0.346 e. The lowest BCUT2D eigenvalue weighted by molar-refractivity contribution is -0.0599. The van der Waals surface area contributed by atoms with Gasteiger partial charge in [-0.2, -0.15) is 0 Å². The summed E-state index contributed by atoms with van der Waals surface area (Å²) in [5.41, 5.74) is 0.885. The molecule has 0 aliphatic carbocycles. The van der Waals surface area contributed by atoms with Crippen molar-refractivity contribution in [2.24, 2.45) is 0 Å². The molecule has 1 unspecified atom stereocenters. The normalized spacial score (nSPS) is 19.3. The average Bonchev–Trinajstić information content (AvgIpc) is 2.83. The molecule has 1 atom stereocenters. The first-order valence-corrected chi connectivity index (χ1v) is 8.38. The van der Waals surface area contributed by atoms with Crippen molar-refractivity contribution >= 4 is 34.9 Å². The van der Waals surface area contributed by atoms with Crippen LogP contribution in [-0.2, 0) is 4.74 Å². The fraction of sp³-hybridized carbons (Fsp3) is 0.278. The Balaban J connectivity index is 1.76. The van der Waals surface area contributed by atoms with Gasteiger partial charge in [0, 0.05) is 15.7 Å². The molecule has 1 aliphatic rings. The van der Waals surface area contributed by atoms with Gasteiger partial charge in [0.25, 0.3) is 0 Å². The molecule has 0 bridgehead atoms. The molecule has 0 aromatic heterocycles. The summed E-state index contributed by atoms with van der Waals surface area (Å²) in [7, 11) is 0. The first-order valence-electron chi connectivity index (χ1n) is 7.63. The number of carbonyl (C=O) groups excluding carboxylic acids is 1. The van der Waals surface area contributed by atoms with Gasteiger partial charge < -0.3 is 10.1 Å². The van der Waals surface area contributed by atoms with E-state index in [4.69, 9.17) is 27.9 Å². The summed E-state index contributed by atoms with van der Waals surface area (Å²) in [6.07, 6.45) is -0.158. The summed E-state index contributed by atoms with van der Waals surface area (Å²) in [6, 6.07) is 14.6. The third-order valence-electron chi connectivity index (χ3n) is 3.96. The van der Waals surface area contributed by atoms with Crippen LogP contribution in [0.3, 0.4) is 0 Å². The van der Waals surface area contributed by atoms with Crippen LogP contribution in [-0.4, -0.2) is 23.2 Å². The van der Waals surface area contributed by atoms with Gasteiger partial charge in [0.2, 0.25) is 0 Å². The zero-order valence-corrected chi connectivity index (χ0v) is 14.9. The SMILES string of the molecule is CC1(C)OC(c2ccccc2)CN1C(=O)Nc1cc(Cl)cc(Cl)c1. The molecule has 4 nitrogen and oxygen atoms in total. The van der Waals surface area contributed by atoms with Crippen molar-refractivity contribution in [1.29, 1.82) is 0 Å². The van der Waals surface area contributed by atoms with Gasteiger partial charge in [-0.1, -0.05) is 53.5 Å². The Labute approximate surface area is 151 Å². The van der Waals surface area contributed by atoms with Crippen LogP contribution >= 0.6 is 23.2 Å². The highest BCUT2D eigenvalue weighted by Gasteiger charge is 2.42. The smallest absolute Gasteiger partial charge is 0.324 e. The maximum absolute atomic E-state index is 12.7. The highest BCUT2D eigenvalue weighted by Crippen LogP contribution is 2.36. The van der Waals surface area contributed by atoms with Gasteiger partial charge in [0.05, 0.1) is 6.54 Å². The highest BCUT2D eigenvalue weighted by atomic mass is 35.5. The minimum Gasteiger partial charge on any atom is -0.346 e. The lowest BCUT2D eigenvalue weighted by Crippen LogP contribution is -2.45. The number of hydrogen-bond donors (Lipinski definition) is 1. The van der Waals surface area contributed by atoms with E-state index in [2.05, 4.69) is 5.32 Å². The lowest BCUT2D eigenvalue weighted by Gasteiger charge is -2.29. The fourth-order valence-corrected chi connectivity index (χ4v) is 3.35. The molecule has 1 saturated heterocycles. The summed E-state index contributed by atoms with van der Waals surface area (Å²) in [4.78, 5) is 14.3. The number of amides is 2. The molecule has 1 N–H and O–H groups in total. The van der Waals surface area contributed by atoms with E-state index in [-0.39, 0.29) is 12.1 Å². The van der Waals surface area contributed by atoms with Gasteiger partial charge in [-0.15, -0.1) is 0 Å². The van der Waals surface area contributed by atoms with Crippen molar-refractivity contribution in [2.75, 3.05) is 11.9 Å². The zero-order valence-electron chi connectivity index (χ0n) is 13.4. The second-order valence-electron chi connectivity index (χ2n) is 6.16. The highest BCUT2D eigenvalue weighted by molar-refractivity contribution is 6.35. The number of urea groups is 1. The van der Waals surface area contributed by atoms with E-state index in [0.717, 1.165) is 5.56 Å². The number of nitrogens with zero attached hydrogens (tertiary/aromatic N) is 1. The standard InChI is InChI=1S/C18H18Cl2N2O2/c1-18(2)22(11-16(24-18)12-6-4-3-5-7-12)17(23)21-15-9-13(19)8-14(20)10-15/h3-10,16H,11H2,1-2H3,(H,21,23). The fourth-order valence-electron chi connectivity index (χ4n) is 2.82. The Morgan fingerprint density at radius 3 is 2.42 bits per heavy atom. The van der Waals surface area contributed by atoms with Crippen LogP contribution in [0.5, 0.6) is 0 Å². The molecule has 3 rings (SSSR count). The Morgan fingerprint density at radius 1 is 1.17 bits per heavy atom. The van der Waals surface area contributed by atoms with Gasteiger partial charge in [0.1, 0.15) is 11.8 Å². The van der Waals surface area contributed by atoms with Crippen LogP contribution < -0.4 is 5.32 Å². The molecule has 1 aliphatic heterocycles. The van der Waals surface area contributed by atoms with Crippen molar-refractivity contribution in [3.05, 3.63) is 64.1 Å². The van der Waals surface area contributed by atoms with Crippen LogP contribution in [0.4, 0.5) is 10.5 Å². The minimum absolute atomic E-state index is 0.158. The second kappa shape index (κ2) is 6.63. The Bertz CT molecular complexity index is 730. The Hall–Kier alpha value is -1.75. The van der Waals surface area contributed by atoms with E-state index in [1.165, 1.54) is 0 Å². The number of benzene rings is 2. The van der Waals surface area contributed by atoms with Gasteiger partial charge >= 0.3 is 6.03 Å². The molecule has 2 aromatic rings. The van der Waals surface area contributed by atoms with Crippen molar-refractivity contribution < 1.29 is 9.53 Å². The third kappa shape index (κ3) is 3.66. The quantitative estimate of drug-likeness (QED) is 0.781. The molecule has 1 fully saturated rings. The van der Waals surface area contributed by atoms with Crippen molar-refractivity contribution in [1.82, 2.24) is 4.90 Å². The van der Waals surface area contributed by atoms with Crippen LogP contribution in [0, 0.1) is 0 Å². The maximum Gasteiger partial charge on any atom is 0.324 e. The van der Waals surface area contributed by atoms with E-state index in [9.17, 15) is 4.79 Å². The molecule has 24 heavy (non-hydrogen) atoms. The first-order chi connectivity index (χ1) is 11.3. The molecule has 0 radical (unpaired) electrons. The molecule has 2 aromatic carbocycles. The number of halogens is 2. The topological polar surface area (TPSA) is 41.6 Å². The lowest BCUT2D eigenvalue weighted by atomic mass is 10.1. The summed E-state index contributed by atoms with van der Waals surface area (Å²) in [5, 5.41) is 3.77. The monoisotopic (exact) mass is 364 g/mol. The minimum atomic E-state index is -0.715. The average molecular weight is 365 g/mol. The molecular formula is C18H18Cl2N2O2. The third-order valence-corrected chi connectivity index (χ3v) is 4.40. The number of carbonyl (C=O) groups is 1. The number of rotatable bonds is 2. The van der Waals surface area contributed by atoms with Gasteiger partial charge in [-0.25, -0.2) is 4.79 Å². The van der Waals surface area contributed by atoms with Crippen LogP contribution in [0.15, 0.2) is 48.5 Å². The predicted octanol–water partition coefficient (Wildman–Crippen LogP) is 5.33. The number of nitrogens with one attached hydrogen (secondary N) is 1. The molecule has 6 heteroatoms. The van der Waals surface area contributed by atoms with E-state index in [1.54, 1.807) is 23.1 Å². The van der Waals surface area contributed by atoms with E-state index in [1.807, 2.05) is 44.2 Å². The molecule has 126 valence electrons. The predicted molar refractivity (Wildman–Crippen MR) is 96.5 cm³/mol. The summed E-state index contributed by atoms with van der Waals surface area (Å²) >= 11 is 12.0. The zero-order chi connectivity index (χ0) is 17.3. The first kappa shape index (κ1) is 17.1. The number of hydrogen-bond acceptors (Lipinski definition) is 2. The van der Waals surface area contributed by atoms with Crippen molar-refractivity contribution in [2.45, 2.75) is 25.7 Å². The summed E-state index contributed by atoms with van der Waals surface area (Å²) < 4.78 is 6.07. The van der Waals surface area contributed by atoms with E-state index < -0.39 is 5.72 Å². The van der Waals surface area contributed by atoms with Gasteiger partial charge in [0.15, 0.2) is 0 Å². The van der Waals surface area contributed by atoms with Gasteiger partial charge in [-0.05, 0) is 37.6 Å². The number of anilines is 1. The van der Waals surface area contributed by atoms with Crippen LogP contribution in [0.1, 0.15) is 25.5 Å². The molecule has 1 heterocycles. The van der Waals surface area contributed by atoms with Gasteiger partial charge in [-0.3, -0.25) is 4.90 Å².